The fraction of sp³-hybridized carbons (Fsp3) is 0.615. The summed E-state index contributed by atoms with van der Waals surface area (Å²) in [6, 6.07) is -0.179. The summed E-state index contributed by atoms with van der Waals surface area (Å²) in [7, 11) is 1.33. The Balaban J connectivity index is 2.29. The van der Waals surface area contributed by atoms with Gasteiger partial charge >= 0.3 is 5.69 Å². The number of nitrogen functional groups attached to an aromatic ring is 1. The first kappa shape index (κ1) is 17.4. The summed E-state index contributed by atoms with van der Waals surface area (Å²) >= 11 is 0. The molecule has 3 N–H and O–H groups in total. The number of Topliss-reactive ketones (excluding diaryl/α,β-unsaturated/α-hetero) is 1. The lowest BCUT2D eigenvalue weighted by atomic mass is 10.1. The maximum absolute atomic E-state index is 12.5. The van der Waals surface area contributed by atoms with Crippen molar-refractivity contribution in [2.45, 2.75) is 12.5 Å². The number of carbonyl (C=O) groups excluding carboxylic acids is 1. The van der Waals surface area contributed by atoms with E-state index in [1.165, 1.54) is 14.1 Å². The summed E-state index contributed by atoms with van der Waals surface area (Å²) in [6.07, 6.45) is 0.488. The Morgan fingerprint density at radius 1 is 1.30 bits per heavy atom. The lowest BCUT2D eigenvalue weighted by Gasteiger charge is -2.19. The molecule has 0 saturated carbocycles. The van der Waals surface area contributed by atoms with Crippen LogP contribution in [-0.4, -0.2) is 54.5 Å². The maximum atomic E-state index is 12.5. The van der Waals surface area contributed by atoms with Crippen LogP contribution in [0.15, 0.2) is 9.59 Å². The van der Waals surface area contributed by atoms with E-state index in [1.54, 1.807) is 7.05 Å². The normalized spacial score (nSPS) is 21.3. The molecule has 0 bridgehead atoms. The molecule has 1 aliphatic heterocycles. The molecule has 23 heavy (non-hydrogen) atoms. The molecule has 0 spiro atoms. The van der Waals surface area contributed by atoms with E-state index in [1.807, 2.05) is 0 Å². The zero-order valence-corrected chi connectivity index (χ0v) is 14.1. The van der Waals surface area contributed by atoms with Crippen LogP contribution in [0, 0.1) is 0 Å². The highest BCUT2D eigenvalue weighted by Crippen LogP contribution is 2.09. The average molecular weight is 345 g/mol. The lowest BCUT2D eigenvalue weighted by Crippen LogP contribution is -3.14. The predicted molar refractivity (Wildman–Crippen MR) is 84.5 cm³/mol. The van der Waals surface area contributed by atoms with E-state index < -0.39 is 26.9 Å². The number of nitrogens with one attached hydrogen (secondary N) is 1. The van der Waals surface area contributed by atoms with Crippen LogP contribution in [0.5, 0.6) is 0 Å². The van der Waals surface area contributed by atoms with Crippen molar-refractivity contribution >= 4 is 21.4 Å². The first-order chi connectivity index (χ1) is 10.5. The molecule has 1 aromatic heterocycles. The molecule has 1 saturated heterocycles. The van der Waals surface area contributed by atoms with Crippen LogP contribution in [0.3, 0.4) is 0 Å². The monoisotopic (exact) mass is 345 g/mol. The number of carbonyl (C=O) groups is 1. The van der Waals surface area contributed by atoms with E-state index in [-0.39, 0.29) is 35.5 Å². The molecule has 9 nitrogen and oxygen atoms in total. The van der Waals surface area contributed by atoms with Crippen molar-refractivity contribution in [1.29, 1.82) is 0 Å². The number of hydrogen-bond acceptors (Lipinski definition) is 6. The van der Waals surface area contributed by atoms with Gasteiger partial charge in [0.25, 0.3) is 5.56 Å². The molecule has 0 amide bonds. The number of likely N-dealkylation sites (N-methyl/N-ethyl adjacent to an activating group) is 1. The molecule has 2 heterocycles. The van der Waals surface area contributed by atoms with Gasteiger partial charge in [-0.2, -0.15) is 0 Å². The Morgan fingerprint density at radius 3 is 2.43 bits per heavy atom. The van der Waals surface area contributed by atoms with Gasteiger partial charge in [0.05, 0.1) is 12.8 Å². The van der Waals surface area contributed by atoms with Gasteiger partial charge in [0.2, 0.25) is 5.78 Å². The number of sulfone groups is 1. The van der Waals surface area contributed by atoms with E-state index in [9.17, 15) is 22.8 Å². The fourth-order valence-corrected chi connectivity index (χ4v) is 4.67. The molecule has 0 aromatic carbocycles. The molecule has 1 aliphatic rings. The van der Waals surface area contributed by atoms with Crippen molar-refractivity contribution in [2.24, 2.45) is 14.1 Å². The molecule has 128 valence electrons. The Bertz CT molecular complexity index is 868. The van der Waals surface area contributed by atoms with Crippen molar-refractivity contribution in [3.63, 3.8) is 0 Å². The third kappa shape index (κ3) is 3.22. The minimum absolute atomic E-state index is 0.0346. The first-order valence-electron chi connectivity index (χ1n) is 7.16. The number of anilines is 1. The molecule has 2 atom stereocenters. The van der Waals surface area contributed by atoms with Crippen LogP contribution < -0.4 is 21.9 Å². The third-order valence-electron chi connectivity index (χ3n) is 4.36. The van der Waals surface area contributed by atoms with Gasteiger partial charge in [0, 0.05) is 20.5 Å². The number of nitrogens with two attached hydrogens (primary N) is 1. The average Bonchev–Trinajstić information content (AvgIpc) is 2.83. The molecule has 0 radical (unpaired) electrons. The van der Waals surface area contributed by atoms with Crippen LogP contribution in [0.25, 0.3) is 0 Å². The van der Waals surface area contributed by atoms with Crippen LogP contribution in [-0.2, 0) is 23.9 Å². The van der Waals surface area contributed by atoms with E-state index in [0.29, 0.717) is 11.3 Å². The van der Waals surface area contributed by atoms with E-state index >= 15 is 0 Å². The number of nitrogens with zero attached hydrogens (tertiary/aromatic N) is 2. The highest BCUT2D eigenvalue weighted by molar-refractivity contribution is 7.91. The van der Waals surface area contributed by atoms with Crippen molar-refractivity contribution in [1.82, 2.24) is 9.13 Å². The summed E-state index contributed by atoms with van der Waals surface area (Å²) in [5.41, 5.74) is 4.18. The topological polar surface area (TPSA) is 126 Å². The standard InChI is InChI=1S/C13H20N4O5S/c1-15(8-4-5-23(21,22)7-8)6-9(18)10-11(14)16(2)13(20)17(3)12(10)19/h8H,4-7,14H2,1-3H3/p+1/t8-/m1/s1. The minimum Gasteiger partial charge on any atom is -0.384 e. The van der Waals surface area contributed by atoms with Crippen molar-refractivity contribution < 1.29 is 18.1 Å². The van der Waals surface area contributed by atoms with Crippen LogP contribution >= 0.6 is 0 Å². The van der Waals surface area contributed by atoms with Gasteiger partial charge < -0.3 is 10.6 Å². The van der Waals surface area contributed by atoms with Gasteiger partial charge in [-0.05, 0) is 0 Å². The summed E-state index contributed by atoms with van der Waals surface area (Å²) in [5.74, 6) is -0.518. The number of hydrogen-bond donors (Lipinski definition) is 2. The summed E-state index contributed by atoms with van der Waals surface area (Å²) in [4.78, 5) is 37.1. The van der Waals surface area contributed by atoms with Gasteiger partial charge in [0.15, 0.2) is 9.84 Å². The van der Waals surface area contributed by atoms with Gasteiger partial charge in [-0.25, -0.2) is 13.2 Å². The van der Waals surface area contributed by atoms with Crippen molar-refractivity contribution in [2.75, 3.05) is 30.8 Å². The number of aromatic nitrogens is 2. The SMILES string of the molecule is Cn1c(N)c(C(=O)C[NH+](C)[C@@H]2CCS(=O)(=O)C2)c(=O)n(C)c1=O. The van der Waals surface area contributed by atoms with Crippen molar-refractivity contribution in [3.8, 4) is 0 Å². The molecule has 10 heteroatoms. The summed E-state index contributed by atoms with van der Waals surface area (Å²) in [5, 5.41) is 0. The van der Waals surface area contributed by atoms with Gasteiger partial charge in [-0.1, -0.05) is 0 Å². The largest absolute Gasteiger partial charge is 0.384 e. The van der Waals surface area contributed by atoms with Crippen LogP contribution in [0.1, 0.15) is 16.8 Å². The van der Waals surface area contributed by atoms with E-state index in [2.05, 4.69) is 0 Å². The number of quaternary nitrogens is 1. The zero-order chi connectivity index (χ0) is 17.5. The Morgan fingerprint density at radius 2 is 1.91 bits per heavy atom. The van der Waals surface area contributed by atoms with Gasteiger partial charge in [0.1, 0.15) is 29.7 Å². The number of ketones is 1. The first-order valence-corrected chi connectivity index (χ1v) is 8.98. The Kier molecular flexibility index (Phi) is 4.49. The Hall–Kier alpha value is -1.94. The molecular weight excluding hydrogens is 324 g/mol. The van der Waals surface area contributed by atoms with Crippen molar-refractivity contribution in [3.05, 3.63) is 26.4 Å². The quantitative estimate of drug-likeness (QED) is 0.547. The molecule has 0 aliphatic carbocycles. The zero-order valence-electron chi connectivity index (χ0n) is 13.3. The fourth-order valence-electron chi connectivity index (χ4n) is 2.79. The highest BCUT2D eigenvalue weighted by Gasteiger charge is 2.35. The van der Waals surface area contributed by atoms with Crippen LogP contribution in [0.4, 0.5) is 5.82 Å². The minimum atomic E-state index is -3.04. The summed E-state index contributed by atoms with van der Waals surface area (Å²) in [6.45, 7) is -0.0577. The third-order valence-corrected chi connectivity index (χ3v) is 6.13. The Labute approximate surface area is 133 Å². The second-order valence-electron chi connectivity index (χ2n) is 6.01. The van der Waals surface area contributed by atoms with Gasteiger partial charge in [-0.15, -0.1) is 0 Å². The molecule has 1 aromatic rings. The van der Waals surface area contributed by atoms with Crippen LogP contribution in [0.2, 0.25) is 0 Å². The second kappa shape index (κ2) is 5.93. The smallest absolute Gasteiger partial charge is 0.332 e. The molecule has 2 rings (SSSR count). The second-order valence-corrected chi connectivity index (χ2v) is 8.24. The predicted octanol–water partition coefficient (Wildman–Crippen LogP) is -3.45. The summed E-state index contributed by atoms with van der Waals surface area (Å²) < 4.78 is 24.9. The highest BCUT2D eigenvalue weighted by atomic mass is 32.2. The number of rotatable bonds is 4. The molecule has 1 unspecified atom stereocenters. The van der Waals surface area contributed by atoms with E-state index in [0.717, 1.165) is 9.13 Å². The van der Waals surface area contributed by atoms with E-state index in [4.69, 9.17) is 5.73 Å². The van der Waals surface area contributed by atoms with Gasteiger partial charge in [-0.3, -0.25) is 18.7 Å². The lowest BCUT2D eigenvalue weighted by molar-refractivity contribution is -0.894. The molecule has 1 fully saturated rings. The maximum Gasteiger partial charge on any atom is 0.332 e. The molecular formula is C13H21N4O5S+.